The second kappa shape index (κ2) is 9.83. The molecule has 0 aromatic heterocycles. The van der Waals surface area contributed by atoms with Crippen LogP contribution in [0, 0.1) is 0 Å². The van der Waals surface area contributed by atoms with Gasteiger partial charge in [-0.1, -0.05) is 12.7 Å². The molecule has 0 aliphatic carbocycles. The summed E-state index contributed by atoms with van der Waals surface area (Å²) in [6.07, 6.45) is 1.60. The fraction of sp³-hybridized carbons (Fsp3) is 0.250. The van der Waals surface area contributed by atoms with E-state index in [0.29, 0.717) is 18.1 Å². The Bertz CT molecular complexity index is 955. The quantitative estimate of drug-likeness (QED) is 0.430. The third-order valence-corrected chi connectivity index (χ3v) is 5.71. The van der Waals surface area contributed by atoms with Crippen LogP contribution in [0.2, 0.25) is 0 Å². The van der Waals surface area contributed by atoms with Gasteiger partial charge in [-0.05, 0) is 36.4 Å². The van der Waals surface area contributed by atoms with Crippen molar-refractivity contribution < 1.29 is 32.2 Å². The lowest BCUT2D eigenvalue weighted by molar-refractivity contribution is -0.138. The molecule has 0 amide bonds. The molecule has 0 saturated carbocycles. The molecule has 0 heterocycles. The van der Waals surface area contributed by atoms with Gasteiger partial charge in [0.15, 0.2) is 11.5 Å². The summed E-state index contributed by atoms with van der Waals surface area (Å²) < 4.78 is 47.9. The Kier molecular flexibility index (Phi) is 7.49. The fourth-order valence-electron chi connectivity index (χ4n) is 2.46. The number of methoxy groups -OCH3 is 3. The molecular formula is C20H23NO7S. The molecule has 2 aromatic rings. The molecule has 0 atom stereocenters. The van der Waals surface area contributed by atoms with Gasteiger partial charge in [0.2, 0.25) is 0 Å². The predicted octanol–water partition coefficient (Wildman–Crippen LogP) is 2.64. The van der Waals surface area contributed by atoms with Gasteiger partial charge in [0.25, 0.3) is 10.0 Å². The standard InChI is InChI=1S/C20H23NO7S/c1-5-12-28-16-8-6-15(7-9-16)21(14-20(22)27-4)29(23,24)17-10-11-18(25-2)19(13-17)26-3/h5-11,13H,1,12,14H2,2-4H3. The number of hydrogen-bond acceptors (Lipinski definition) is 7. The molecule has 0 bridgehead atoms. The first-order valence-electron chi connectivity index (χ1n) is 8.52. The van der Waals surface area contributed by atoms with Gasteiger partial charge in [-0.2, -0.15) is 0 Å². The van der Waals surface area contributed by atoms with Crippen molar-refractivity contribution >= 4 is 21.7 Å². The Hall–Kier alpha value is -3.20. The zero-order valence-corrected chi connectivity index (χ0v) is 17.3. The normalized spacial score (nSPS) is 10.7. The largest absolute Gasteiger partial charge is 0.493 e. The molecular weight excluding hydrogens is 398 g/mol. The molecule has 0 aliphatic rings. The van der Waals surface area contributed by atoms with E-state index in [0.717, 1.165) is 4.31 Å². The summed E-state index contributed by atoms with van der Waals surface area (Å²) in [6, 6.07) is 10.5. The second-order valence-electron chi connectivity index (χ2n) is 5.70. The minimum absolute atomic E-state index is 0.0639. The van der Waals surface area contributed by atoms with E-state index >= 15 is 0 Å². The molecule has 9 heteroatoms. The molecule has 0 unspecified atom stereocenters. The number of carbonyl (C=O) groups is 1. The van der Waals surface area contributed by atoms with Crippen molar-refractivity contribution in [1.82, 2.24) is 0 Å². The Morgan fingerprint density at radius 1 is 1.03 bits per heavy atom. The summed E-state index contributed by atoms with van der Waals surface area (Å²) in [5, 5.41) is 0. The highest BCUT2D eigenvalue weighted by molar-refractivity contribution is 7.92. The Morgan fingerprint density at radius 3 is 2.24 bits per heavy atom. The topological polar surface area (TPSA) is 91.4 Å². The van der Waals surface area contributed by atoms with Crippen LogP contribution in [0.3, 0.4) is 0 Å². The van der Waals surface area contributed by atoms with Crippen molar-refractivity contribution in [2.45, 2.75) is 4.90 Å². The summed E-state index contributed by atoms with van der Waals surface area (Å²) >= 11 is 0. The van der Waals surface area contributed by atoms with Gasteiger partial charge in [0.1, 0.15) is 18.9 Å². The van der Waals surface area contributed by atoms with Gasteiger partial charge in [0.05, 0.1) is 31.9 Å². The number of anilines is 1. The number of hydrogen-bond donors (Lipinski definition) is 0. The van der Waals surface area contributed by atoms with E-state index in [4.69, 9.17) is 14.2 Å². The van der Waals surface area contributed by atoms with Crippen LogP contribution in [0.1, 0.15) is 0 Å². The molecule has 2 rings (SSSR count). The zero-order chi connectivity index (χ0) is 21.4. The number of carbonyl (C=O) groups excluding carboxylic acids is 1. The van der Waals surface area contributed by atoms with Crippen molar-refractivity contribution in [2.75, 3.05) is 38.8 Å². The van der Waals surface area contributed by atoms with E-state index in [2.05, 4.69) is 11.3 Å². The van der Waals surface area contributed by atoms with E-state index in [1.54, 1.807) is 30.3 Å². The van der Waals surface area contributed by atoms with Gasteiger partial charge >= 0.3 is 5.97 Å². The Labute approximate surface area is 170 Å². The average Bonchev–Trinajstić information content (AvgIpc) is 2.75. The highest BCUT2D eigenvalue weighted by atomic mass is 32.2. The molecule has 0 fully saturated rings. The molecule has 8 nitrogen and oxygen atoms in total. The van der Waals surface area contributed by atoms with E-state index < -0.39 is 22.5 Å². The molecule has 0 radical (unpaired) electrons. The van der Waals surface area contributed by atoms with Crippen LogP contribution in [0.25, 0.3) is 0 Å². The summed E-state index contributed by atoms with van der Waals surface area (Å²) in [5.41, 5.74) is 0.274. The lowest BCUT2D eigenvalue weighted by Gasteiger charge is -2.24. The molecule has 2 aromatic carbocycles. The predicted molar refractivity (Wildman–Crippen MR) is 108 cm³/mol. The van der Waals surface area contributed by atoms with Crippen LogP contribution >= 0.6 is 0 Å². The fourth-order valence-corrected chi connectivity index (χ4v) is 3.89. The first kappa shape index (κ1) is 22.1. The molecule has 0 N–H and O–H groups in total. The lowest BCUT2D eigenvalue weighted by Crippen LogP contribution is -2.36. The van der Waals surface area contributed by atoms with Crippen LogP contribution in [0.4, 0.5) is 5.69 Å². The summed E-state index contributed by atoms with van der Waals surface area (Å²) in [4.78, 5) is 11.8. The van der Waals surface area contributed by atoms with Gasteiger partial charge < -0.3 is 18.9 Å². The molecule has 0 aliphatic heterocycles. The summed E-state index contributed by atoms with van der Waals surface area (Å²) in [6.45, 7) is 3.39. The van der Waals surface area contributed by atoms with Crippen LogP contribution in [0.5, 0.6) is 17.2 Å². The van der Waals surface area contributed by atoms with Crippen molar-refractivity contribution in [2.24, 2.45) is 0 Å². The number of benzene rings is 2. The average molecular weight is 421 g/mol. The van der Waals surface area contributed by atoms with Gasteiger partial charge in [-0.25, -0.2) is 8.42 Å². The first-order valence-corrected chi connectivity index (χ1v) is 9.96. The van der Waals surface area contributed by atoms with Crippen molar-refractivity contribution in [3.05, 3.63) is 55.1 Å². The van der Waals surface area contributed by atoms with Crippen molar-refractivity contribution in [1.29, 1.82) is 0 Å². The first-order chi connectivity index (χ1) is 13.9. The van der Waals surface area contributed by atoms with Crippen LogP contribution < -0.4 is 18.5 Å². The SMILES string of the molecule is C=CCOc1ccc(N(CC(=O)OC)S(=O)(=O)c2ccc(OC)c(OC)c2)cc1. The van der Waals surface area contributed by atoms with Gasteiger partial charge in [-0.15, -0.1) is 0 Å². The number of rotatable bonds is 10. The monoisotopic (exact) mass is 421 g/mol. The third kappa shape index (κ3) is 5.20. The molecule has 29 heavy (non-hydrogen) atoms. The van der Waals surface area contributed by atoms with E-state index in [1.807, 2.05) is 0 Å². The van der Waals surface area contributed by atoms with E-state index in [-0.39, 0.29) is 16.3 Å². The smallest absolute Gasteiger partial charge is 0.326 e. The molecule has 156 valence electrons. The lowest BCUT2D eigenvalue weighted by atomic mass is 10.3. The maximum Gasteiger partial charge on any atom is 0.326 e. The highest BCUT2D eigenvalue weighted by Crippen LogP contribution is 2.32. The highest BCUT2D eigenvalue weighted by Gasteiger charge is 2.28. The van der Waals surface area contributed by atoms with Crippen LogP contribution in [-0.4, -0.2) is 48.9 Å². The van der Waals surface area contributed by atoms with Crippen LogP contribution in [-0.2, 0) is 19.6 Å². The van der Waals surface area contributed by atoms with Gasteiger partial charge in [0, 0.05) is 6.07 Å². The number of nitrogens with zero attached hydrogens (tertiary/aromatic N) is 1. The van der Waals surface area contributed by atoms with Crippen molar-refractivity contribution in [3.8, 4) is 17.2 Å². The minimum Gasteiger partial charge on any atom is -0.493 e. The number of esters is 1. The Balaban J connectivity index is 2.48. The maximum absolute atomic E-state index is 13.3. The summed E-state index contributed by atoms with van der Waals surface area (Å²) in [5.74, 6) is 0.464. The summed E-state index contributed by atoms with van der Waals surface area (Å²) in [7, 11) is -0.0613. The second-order valence-corrected chi connectivity index (χ2v) is 7.56. The Morgan fingerprint density at radius 2 is 1.69 bits per heavy atom. The minimum atomic E-state index is -4.11. The number of ether oxygens (including phenoxy) is 4. The van der Waals surface area contributed by atoms with Gasteiger partial charge in [-0.3, -0.25) is 9.10 Å². The molecule has 0 spiro atoms. The third-order valence-electron chi connectivity index (χ3n) is 3.94. The van der Waals surface area contributed by atoms with E-state index in [1.165, 1.54) is 39.5 Å². The van der Waals surface area contributed by atoms with Crippen molar-refractivity contribution in [3.63, 3.8) is 0 Å². The zero-order valence-electron chi connectivity index (χ0n) is 16.5. The maximum atomic E-state index is 13.3. The van der Waals surface area contributed by atoms with E-state index in [9.17, 15) is 13.2 Å². The van der Waals surface area contributed by atoms with Crippen LogP contribution in [0.15, 0.2) is 60.0 Å². The molecule has 0 saturated heterocycles. The number of sulfonamides is 1.